The molecular formula is C19H31NO. The largest absolute Gasteiger partial charge is 0.347 e. The van der Waals surface area contributed by atoms with Crippen LogP contribution in [0.1, 0.15) is 66.0 Å². The highest BCUT2D eigenvalue weighted by Gasteiger charge is 2.33. The van der Waals surface area contributed by atoms with Gasteiger partial charge in [-0.1, -0.05) is 58.9 Å². The van der Waals surface area contributed by atoms with Crippen LogP contribution < -0.4 is 5.32 Å². The first-order chi connectivity index (χ1) is 9.61. The molecule has 0 aliphatic rings. The van der Waals surface area contributed by atoms with Crippen molar-refractivity contribution in [1.82, 2.24) is 5.32 Å². The summed E-state index contributed by atoms with van der Waals surface area (Å²) in [4.78, 5) is 12.6. The van der Waals surface area contributed by atoms with E-state index in [1.807, 2.05) is 0 Å². The van der Waals surface area contributed by atoms with Gasteiger partial charge in [-0.25, -0.2) is 0 Å². The van der Waals surface area contributed by atoms with Crippen LogP contribution in [0.25, 0.3) is 0 Å². The SMILES string of the molecule is CCc1ccc(C(C)(C)NC(=O)C(CC)C(C)(C)C)cc1. The van der Waals surface area contributed by atoms with Crippen LogP contribution in [-0.4, -0.2) is 5.91 Å². The highest BCUT2D eigenvalue weighted by Crippen LogP contribution is 2.30. The fourth-order valence-electron chi connectivity index (χ4n) is 2.82. The molecule has 0 aromatic heterocycles. The maximum absolute atomic E-state index is 12.6. The highest BCUT2D eigenvalue weighted by molar-refractivity contribution is 5.80. The summed E-state index contributed by atoms with van der Waals surface area (Å²) in [6.07, 6.45) is 1.90. The molecule has 0 bridgehead atoms. The van der Waals surface area contributed by atoms with Crippen LogP contribution in [0.4, 0.5) is 0 Å². The number of hydrogen-bond donors (Lipinski definition) is 1. The standard InChI is InChI=1S/C19H31NO/c1-8-14-10-12-15(13-11-14)19(6,7)20-17(21)16(9-2)18(3,4)5/h10-13,16H,8-9H2,1-7H3,(H,20,21). The van der Waals surface area contributed by atoms with E-state index in [1.54, 1.807) is 0 Å². The van der Waals surface area contributed by atoms with Crippen LogP contribution in [0.15, 0.2) is 24.3 Å². The van der Waals surface area contributed by atoms with Gasteiger partial charge in [-0.3, -0.25) is 4.79 Å². The van der Waals surface area contributed by atoms with E-state index in [1.165, 1.54) is 5.56 Å². The minimum atomic E-state index is -0.345. The summed E-state index contributed by atoms with van der Waals surface area (Å²) in [6.45, 7) is 14.8. The summed E-state index contributed by atoms with van der Waals surface area (Å²) >= 11 is 0. The second-order valence-corrected chi connectivity index (χ2v) is 7.49. The van der Waals surface area contributed by atoms with Crippen molar-refractivity contribution in [1.29, 1.82) is 0 Å². The quantitative estimate of drug-likeness (QED) is 0.838. The maximum Gasteiger partial charge on any atom is 0.224 e. The Morgan fingerprint density at radius 1 is 1.05 bits per heavy atom. The van der Waals surface area contributed by atoms with Gasteiger partial charge in [0.1, 0.15) is 0 Å². The summed E-state index contributed by atoms with van der Waals surface area (Å²) < 4.78 is 0. The van der Waals surface area contributed by atoms with Crippen molar-refractivity contribution in [3.63, 3.8) is 0 Å². The topological polar surface area (TPSA) is 29.1 Å². The van der Waals surface area contributed by atoms with Crippen molar-refractivity contribution in [3.8, 4) is 0 Å². The van der Waals surface area contributed by atoms with E-state index < -0.39 is 0 Å². The molecule has 0 saturated heterocycles. The lowest BCUT2D eigenvalue weighted by molar-refractivity contribution is -0.130. The van der Waals surface area contributed by atoms with Crippen molar-refractivity contribution in [3.05, 3.63) is 35.4 Å². The molecule has 2 nitrogen and oxygen atoms in total. The molecule has 0 radical (unpaired) electrons. The number of carbonyl (C=O) groups is 1. The number of hydrogen-bond acceptors (Lipinski definition) is 1. The summed E-state index contributed by atoms with van der Waals surface area (Å²) in [6, 6.07) is 8.53. The number of carbonyl (C=O) groups excluding carboxylic acids is 1. The molecule has 1 atom stereocenters. The average Bonchev–Trinajstić information content (AvgIpc) is 2.37. The van der Waals surface area contributed by atoms with Gasteiger partial charge in [0.05, 0.1) is 5.54 Å². The Bertz CT molecular complexity index is 465. The average molecular weight is 289 g/mol. The van der Waals surface area contributed by atoms with Gasteiger partial charge in [0.15, 0.2) is 0 Å². The van der Waals surface area contributed by atoms with E-state index in [0.717, 1.165) is 18.4 Å². The molecule has 1 N–H and O–H groups in total. The van der Waals surface area contributed by atoms with Gasteiger partial charge in [0, 0.05) is 5.92 Å². The van der Waals surface area contributed by atoms with Gasteiger partial charge in [-0.05, 0) is 43.2 Å². The first-order valence-electron chi connectivity index (χ1n) is 8.03. The molecule has 2 heteroatoms. The Labute approximate surface area is 130 Å². The Balaban J connectivity index is 2.90. The molecule has 0 aliphatic heterocycles. The molecule has 1 aromatic rings. The second-order valence-electron chi connectivity index (χ2n) is 7.49. The third-order valence-electron chi connectivity index (χ3n) is 4.29. The summed E-state index contributed by atoms with van der Waals surface area (Å²) in [7, 11) is 0. The molecule has 0 fully saturated rings. The number of amides is 1. The minimum absolute atomic E-state index is 0.0129. The van der Waals surface area contributed by atoms with Gasteiger partial charge >= 0.3 is 0 Å². The van der Waals surface area contributed by atoms with Crippen molar-refractivity contribution in [2.75, 3.05) is 0 Å². The number of benzene rings is 1. The normalized spacial score (nSPS) is 13.9. The molecule has 1 aromatic carbocycles. The van der Waals surface area contributed by atoms with E-state index in [9.17, 15) is 4.79 Å². The van der Waals surface area contributed by atoms with E-state index in [0.29, 0.717) is 0 Å². The first-order valence-corrected chi connectivity index (χ1v) is 8.03. The molecular weight excluding hydrogens is 258 g/mol. The molecule has 1 amide bonds. The maximum atomic E-state index is 12.6. The van der Waals surface area contributed by atoms with Crippen LogP contribution in [0.2, 0.25) is 0 Å². The van der Waals surface area contributed by atoms with Gasteiger partial charge in [-0.2, -0.15) is 0 Å². The van der Waals surface area contributed by atoms with Gasteiger partial charge < -0.3 is 5.32 Å². The van der Waals surface area contributed by atoms with E-state index >= 15 is 0 Å². The third-order valence-corrected chi connectivity index (χ3v) is 4.29. The van der Waals surface area contributed by atoms with Crippen molar-refractivity contribution < 1.29 is 4.79 Å². The zero-order valence-corrected chi connectivity index (χ0v) is 14.7. The molecule has 0 heterocycles. The fourth-order valence-corrected chi connectivity index (χ4v) is 2.82. The van der Waals surface area contributed by atoms with Crippen molar-refractivity contribution >= 4 is 5.91 Å². The van der Waals surface area contributed by atoms with Gasteiger partial charge in [0.25, 0.3) is 0 Å². The van der Waals surface area contributed by atoms with Crippen molar-refractivity contribution in [2.45, 2.75) is 66.8 Å². The third kappa shape index (κ3) is 4.59. The molecule has 1 rings (SSSR count). The lowest BCUT2D eigenvalue weighted by atomic mass is 9.78. The van der Waals surface area contributed by atoms with Crippen molar-refractivity contribution in [2.24, 2.45) is 11.3 Å². The van der Waals surface area contributed by atoms with Crippen LogP contribution in [0.5, 0.6) is 0 Å². The smallest absolute Gasteiger partial charge is 0.224 e. The van der Waals surface area contributed by atoms with Gasteiger partial charge in [-0.15, -0.1) is 0 Å². The first kappa shape index (κ1) is 17.7. The molecule has 0 saturated carbocycles. The fraction of sp³-hybridized carbons (Fsp3) is 0.632. The molecule has 21 heavy (non-hydrogen) atoms. The minimum Gasteiger partial charge on any atom is -0.347 e. The molecule has 0 aliphatic carbocycles. The number of aryl methyl sites for hydroxylation is 1. The summed E-state index contributed by atoms with van der Waals surface area (Å²) in [5, 5.41) is 3.23. The van der Waals surface area contributed by atoms with Crippen LogP contribution in [0, 0.1) is 11.3 Å². The lowest BCUT2D eigenvalue weighted by Crippen LogP contribution is -2.46. The predicted octanol–water partition coefficient (Wildman–Crippen LogP) is 4.67. The number of nitrogens with one attached hydrogen (secondary N) is 1. The van der Waals surface area contributed by atoms with Crippen LogP contribution >= 0.6 is 0 Å². The Morgan fingerprint density at radius 2 is 1.57 bits per heavy atom. The molecule has 0 spiro atoms. The van der Waals surface area contributed by atoms with E-state index in [2.05, 4.69) is 78.0 Å². The van der Waals surface area contributed by atoms with E-state index in [4.69, 9.17) is 0 Å². The Hall–Kier alpha value is -1.31. The second kappa shape index (κ2) is 6.64. The van der Waals surface area contributed by atoms with Gasteiger partial charge in [0.2, 0.25) is 5.91 Å². The van der Waals surface area contributed by atoms with Crippen LogP contribution in [-0.2, 0) is 16.8 Å². The predicted molar refractivity (Wildman–Crippen MR) is 90.2 cm³/mol. The monoisotopic (exact) mass is 289 g/mol. The molecule has 1 unspecified atom stereocenters. The van der Waals surface area contributed by atoms with Crippen LogP contribution in [0.3, 0.4) is 0 Å². The summed E-state index contributed by atoms with van der Waals surface area (Å²) in [5.74, 6) is 0.182. The zero-order valence-electron chi connectivity index (χ0n) is 14.7. The lowest BCUT2D eigenvalue weighted by Gasteiger charge is -2.34. The Kier molecular flexibility index (Phi) is 5.61. The Morgan fingerprint density at radius 3 is 1.95 bits per heavy atom. The van der Waals surface area contributed by atoms with E-state index in [-0.39, 0.29) is 22.8 Å². The number of rotatable bonds is 5. The zero-order chi connectivity index (χ0) is 16.3. The summed E-state index contributed by atoms with van der Waals surface area (Å²) in [5.41, 5.74) is 2.11. The molecule has 118 valence electrons. The highest BCUT2D eigenvalue weighted by atomic mass is 16.2.